The van der Waals surface area contributed by atoms with E-state index in [1.54, 1.807) is 0 Å². The first-order valence-corrected chi connectivity index (χ1v) is 8.52. The maximum Gasteiger partial charge on any atom is 0.343 e. The number of benzene rings is 3. The number of ether oxygens (including phenoxy) is 2. The summed E-state index contributed by atoms with van der Waals surface area (Å²) in [5.74, 6) is -2.01. The first kappa shape index (κ1) is 20.3. The summed E-state index contributed by atoms with van der Waals surface area (Å²) in [6.07, 6.45) is 0.938. The Morgan fingerprint density at radius 3 is 1.30 bits per heavy atom. The van der Waals surface area contributed by atoms with Gasteiger partial charge in [0.2, 0.25) is 0 Å². The number of phenols is 2. The van der Waals surface area contributed by atoms with Crippen LogP contribution in [0.4, 0.5) is 0 Å². The van der Waals surface area contributed by atoms with E-state index in [4.69, 9.17) is 9.47 Å². The molecule has 8 nitrogen and oxygen atoms in total. The van der Waals surface area contributed by atoms with Gasteiger partial charge in [-0.1, -0.05) is 0 Å². The molecule has 30 heavy (non-hydrogen) atoms. The van der Waals surface area contributed by atoms with Crippen LogP contribution in [-0.2, 0) is 0 Å². The van der Waals surface area contributed by atoms with Crippen LogP contribution in [0, 0.1) is 0 Å². The van der Waals surface area contributed by atoms with Crippen LogP contribution in [0.3, 0.4) is 0 Å². The van der Waals surface area contributed by atoms with Crippen molar-refractivity contribution in [1.82, 2.24) is 0 Å². The lowest BCUT2D eigenvalue weighted by Gasteiger charge is -2.07. The van der Waals surface area contributed by atoms with Crippen molar-refractivity contribution in [2.75, 3.05) is 0 Å². The average molecular weight is 406 g/mol. The fourth-order valence-electron chi connectivity index (χ4n) is 2.45. The monoisotopic (exact) mass is 406 g/mol. The van der Waals surface area contributed by atoms with Crippen LogP contribution in [0.1, 0.15) is 41.4 Å². The summed E-state index contributed by atoms with van der Waals surface area (Å²) in [6.45, 7) is 0. The second kappa shape index (κ2) is 8.70. The van der Waals surface area contributed by atoms with Gasteiger partial charge in [-0.15, -0.1) is 0 Å². The molecule has 3 aromatic carbocycles. The molecule has 0 aliphatic carbocycles. The molecule has 0 amide bonds. The van der Waals surface area contributed by atoms with Crippen LogP contribution in [0.2, 0.25) is 0 Å². The van der Waals surface area contributed by atoms with Crippen molar-refractivity contribution >= 4 is 24.5 Å². The largest absolute Gasteiger partial charge is 0.507 e. The van der Waals surface area contributed by atoms with Gasteiger partial charge in [0.25, 0.3) is 0 Å². The lowest BCUT2D eigenvalue weighted by Crippen LogP contribution is -2.11. The second-order valence-electron chi connectivity index (χ2n) is 6.03. The molecule has 0 fully saturated rings. The molecule has 0 saturated carbocycles. The van der Waals surface area contributed by atoms with Gasteiger partial charge < -0.3 is 19.7 Å². The molecule has 150 valence electrons. The van der Waals surface area contributed by atoms with Gasteiger partial charge >= 0.3 is 11.9 Å². The second-order valence-corrected chi connectivity index (χ2v) is 6.03. The van der Waals surface area contributed by atoms with Gasteiger partial charge in [0.05, 0.1) is 22.3 Å². The molecule has 0 saturated heterocycles. The molecule has 3 aromatic rings. The molecule has 0 radical (unpaired) electrons. The van der Waals surface area contributed by atoms with Crippen molar-refractivity contribution in [2.24, 2.45) is 0 Å². The first-order chi connectivity index (χ1) is 14.4. The predicted molar refractivity (Wildman–Crippen MR) is 103 cm³/mol. The van der Waals surface area contributed by atoms with Crippen LogP contribution in [0.25, 0.3) is 0 Å². The van der Waals surface area contributed by atoms with E-state index < -0.39 is 11.9 Å². The van der Waals surface area contributed by atoms with Crippen molar-refractivity contribution in [3.8, 4) is 23.0 Å². The van der Waals surface area contributed by atoms with Gasteiger partial charge in [0.1, 0.15) is 23.0 Å². The number of aldehydes is 2. The standard InChI is InChI=1S/C22H14O8/c23-11-15-5-7-17(9-19(15)25)29-21(27)13-1-2-14(4-3-13)22(28)30-18-8-6-16(12-24)20(26)10-18/h1-12,25-26H. The van der Waals surface area contributed by atoms with Crippen LogP contribution in [0.15, 0.2) is 60.7 Å². The quantitative estimate of drug-likeness (QED) is 0.363. The van der Waals surface area contributed by atoms with E-state index in [9.17, 15) is 29.4 Å². The summed E-state index contributed by atoms with van der Waals surface area (Å²) >= 11 is 0. The molecule has 0 aromatic heterocycles. The Morgan fingerprint density at radius 1 is 0.633 bits per heavy atom. The zero-order valence-electron chi connectivity index (χ0n) is 15.3. The highest BCUT2D eigenvalue weighted by Crippen LogP contribution is 2.24. The fourth-order valence-corrected chi connectivity index (χ4v) is 2.45. The topological polar surface area (TPSA) is 127 Å². The smallest absolute Gasteiger partial charge is 0.343 e. The molecule has 0 atom stereocenters. The molecular formula is C22H14O8. The van der Waals surface area contributed by atoms with Gasteiger partial charge in [-0.25, -0.2) is 9.59 Å². The molecule has 0 aliphatic heterocycles. The third-order valence-electron chi connectivity index (χ3n) is 4.04. The molecule has 0 bridgehead atoms. The van der Waals surface area contributed by atoms with Crippen molar-refractivity contribution in [1.29, 1.82) is 0 Å². The van der Waals surface area contributed by atoms with E-state index in [0.29, 0.717) is 12.6 Å². The molecule has 0 spiro atoms. The average Bonchev–Trinajstić information content (AvgIpc) is 2.74. The Morgan fingerprint density at radius 2 is 1.00 bits per heavy atom. The minimum atomic E-state index is -0.734. The number of hydrogen-bond donors (Lipinski definition) is 2. The van der Waals surface area contributed by atoms with Gasteiger partial charge in [0.15, 0.2) is 12.6 Å². The number of esters is 2. The summed E-state index contributed by atoms with van der Waals surface area (Å²) in [7, 11) is 0. The third-order valence-corrected chi connectivity index (χ3v) is 4.04. The number of hydrogen-bond acceptors (Lipinski definition) is 8. The van der Waals surface area contributed by atoms with Gasteiger partial charge in [-0.05, 0) is 48.5 Å². The molecule has 3 rings (SSSR count). The summed E-state index contributed by atoms with van der Waals surface area (Å²) < 4.78 is 10.2. The highest BCUT2D eigenvalue weighted by molar-refractivity contribution is 5.95. The van der Waals surface area contributed by atoms with E-state index in [-0.39, 0.29) is 45.3 Å². The Bertz CT molecular complexity index is 1040. The minimum absolute atomic E-state index is 0.0464. The van der Waals surface area contributed by atoms with E-state index in [0.717, 1.165) is 12.1 Å². The summed E-state index contributed by atoms with van der Waals surface area (Å²) in [5, 5.41) is 19.3. The van der Waals surface area contributed by atoms with Crippen LogP contribution in [0.5, 0.6) is 23.0 Å². The van der Waals surface area contributed by atoms with Gasteiger partial charge in [-0.3, -0.25) is 9.59 Å². The summed E-state index contributed by atoms with van der Waals surface area (Å²) in [5.41, 5.74) is 0.399. The van der Waals surface area contributed by atoms with Crippen LogP contribution < -0.4 is 9.47 Å². The molecule has 0 heterocycles. The summed E-state index contributed by atoms with van der Waals surface area (Å²) in [4.78, 5) is 45.8. The van der Waals surface area contributed by atoms with Crippen molar-refractivity contribution in [3.05, 3.63) is 82.9 Å². The van der Waals surface area contributed by atoms with Crippen molar-refractivity contribution in [3.63, 3.8) is 0 Å². The van der Waals surface area contributed by atoms with Crippen LogP contribution in [-0.4, -0.2) is 34.7 Å². The molecule has 0 aliphatic rings. The van der Waals surface area contributed by atoms with Crippen molar-refractivity contribution < 1.29 is 38.9 Å². The minimum Gasteiger partial charge on any atom is -0.507 e. The molecule has 2 N–H and O–H groups in total. The van der Waals surface area contributed by atoms with Gasteiger partial charge in [-0.2, -0.15) is 0 Å². The van der Waals surface area contributed by atoms with E-state index in [2.05, 4.69) is 0 Å². The maximum atomic E-state index is 12.2. The number of carbonyl (C=O) groups is 4. The Labute approximate surface area is 169 Å². The van der Waals surface area contributed by atoms with Crippen molar-refractivity contribution in [2.45, 2.75) is 0 Å². The highest BCUT2D eigenvalue weighted by Gasteiger charge is 2.14. The predicted octanol–water partition coefficient (Wildman–Crippen LogP) is 3.16. The molecular weight excluding hydrogens is 392 g/mol. The SMILES string of the molecule is O=Cc1ccc(OC(=O)c2ccc(C(=O)Oc3ccc(C=O)c(O)c3)cc2)cc1O. The highest BCUT2D eigenvalue weighted by atomic mass is 16.5. The Hall–Kier alpha value is -4.46. The lowest BCUT2D eigenvalue weighted by molar-refractivity contribution is 0.0720. The normalized spacial score (nSPS) is 10.1. The Balaban J connectivity index is 1.67. The van der Waals surface area contributed by atoms with E-state index >= 15 is 0 Å². The number of carbonyl (C=O) groups excluding carboxylic acids is 4. The fraction of sp³-hybridized carbons (Fsp3) is 0. The number of rotatable bonds is 6. The molecule has 0 unspecified atom stereocenters. The Kier molecular flexibility index (Phi) is 5.88. The maximum absolute atomic E-state index is 12.2. The number of aromatic hydroxyl groups is 2. The third kappa shape index (κ3) is 4.50. The summed E-state index contributed by atoms with van der Waals surface area (Å²) in [6, 6.07) is 13.0. The van der Waals surface area contributed by atoms with Gasteiger partial charge in [0, 0.05) is 12.1 Å². The van der Waals surface area contributed by atoms with E-state index in [1.165, 1.54) is 48.5 Å². The van der Waals surface area contributed by atoms with Crippen LogP contribution >= 0.6 is 0 Å². The molecule has 8 heteroatoms. The number of phenolic OH excluding ortho intramolecular Hbond substituents is 2. The first-order valence-electron chi connectivity index (χ1n) is 8.52. The zero-order chi connectivity index (χ0) is 21.7. The lowest BCUT2D eigenvalue weighted by atomic mass is 10.1. The zero-order valence-corrected chi connectivity index (χ0v) is 15.3. The van der Waals surface area contributed by atoms with E-state index in [1.807, 2.05) is 0 Å².